The number of rotatable bonds is 2. The highest BCUT2D eigenvalue weighted by molar-refractivity contribution is 6.24. The van der Waals surface area contributed by atoms with Crippen LogP contribution in [0.15, 0.2) is 52.6 Å². The van der Waals surface area contributed by atoms with E-state index in [1.807, 2.05) is 6.08 Å². The molecule has 9 heteroatoms. The molecule has 1 heterocycles. The number of phenols is 1. The third-order valence-electron chi connectivity index (χ3n) is 7.46. The van der Waals surface area contributed by atoms with E-state index in [9.17, 15) is 29.1 Å². The van der Waals surface area contributed by atoms with E-state index >= 15 is 0 Å². The molecule has 4 unspecified atom stereocenters. The highest BCUT2D eigenvalue weighted by atomic mass is 16.5. The Hall–Kier alpha value is -4.01. The highest BCUT2D eigenvalue weighted by Crippen LogP contribution is 2.55. The van der Waals surface area contributed by atoms with Crippen molar-refractivity contribution < 1.29 is 38.6 Å². The summed E-state index contributed by atoms with van der Waals surface area (Å²) < 4.78 is 9.91. The zero-order valence-corrected chi connectivity index (χ0v) is 19.4. The smallest absolute Gasteiger partial charge is 0.423 e. The minimum absolute atomic E-state index is 0.0806. The fourth-order valence-electron chi connectivity index (χ4n) is 5.89. The molecule has 1 fully saturated rings. The van der Waals surface area contributed by atoms with Crippen molar-refractivity contribution in [2.24, 2.45) is 17.8 Å². The number of ketones is 2. The van der Waals surface area contributed by atoms with Crippen LogP contribution in [0.4, 0.5) is 4.79 Å². The summed E-state index contributed by atoms with van der Waals surface area (Å²) in [5.41, 5.74) is 2.31. The zero-order chi connectivity index (χ0) is 25.2. The van der Waals surface area contributed by atoms with Crippen molar-refractivity contribution in [2.75, 3.05) is 14.2 Å². The van der Waals surface area contributed by atoms with Crippen LogP contribution in [0.3, 0.4) is 0 Å². The van der Waals surface area contributed by atoms with E-state index in [4.69, 9.17) is 4.74 Å². The molecule has 180 valence electrons. The summed E-state index contributed by atoms with van der Waals surface area (Å²) in [6.45, 7) is 1.59. The number of ether oxygens (including phenoxy) is 2. The van der Waals surface area contributed by atoms with Crippen LogP contribution in [0.1, 0.15) is 31.2 Å². The van der Waals surface area contributed by atoms with E-state index < -0.39 is 41.6 Å². The van der Waals surface area contributed by atoms with E-state index in [0.29, 0.717) is 27.2 Å². The van der Waals surface area contributed by atoms with Gasteiger partial charge in [-0.25, -0.2) is 4.79 Å². The van der Waals surface area contributed by atoms with Crippen molar-refractivity contribution in [3.8, 4) is 11.5 Å². The van der Waals surface area contributed by atoms with Crippen LogP contribution in [-0.2, 0) is 23.9 Å². The summed E-state index contributed by atoms with van der Waals surface area (Å²) in [5.74, 6) is -4.57. The van der Waals surface area contributed by atoms with Crippen molar-refractivity contribution in [3.05, 3.63) is 58.2 Å². The Labute approximate surface area is 200 Å². The summed E-state index contributed by atoms with van der Waals surface area (Å²) >= 11 is 0. The van der Waals surface area contributed by atoms with Crippen molar-refractivity contribution >= 4 is 29.5 Å². The van der Waals surface area contributed by atoms with Crippen LogP contribution >= 0.6 is 0 Å². The van der Waals surface area contributed by atoms with E-state index in [-0.39, 0.29) is 35.9 Å². The van der Waals surface area contributed by atoms with Gasteiger partial charge in [0.15, 0.2) is 23.1 Å². The van der Waals surface area contributed by atoms with Crippen LogP contribution in [0.25, 0.3) is 0 Å². The second kappa shape index (κ2) is 8.04. The molecule has 4 atom stereocenters. The SMILES string of the molecule is COC(=O)N1C(=O)C2CC=C3C(c4ccc(O)c(OC)c4)C4=C(CC3C2C1=O)C(=O)C=C(C)C4=O. The van der Waals surface area contributed by atoms with Crippen molar-refractivity contribution in [1.82, 2.24) is 4.90 Å². The lowest BCUT2D eigenvalue weighted by atomic mass is 9.59. The molecule has 3 amide bonds. The summed E-state index contributed by atoms with van der Waals surface area (Å²) in [7, 11) is 2.51. The van der Waals surface area contributed by atoms with E-state index in [2.05, 4.69) is 4.74 Å². The lowest BCUT2D eigenvalue weighted by Gasteiger charge is -2.42. The molecule has 1 saturated heterocycles. The molecule has 0 spiro atoms. The number of hydrogen-bond acceptors (Lipinski definition) is 8. The van der Waals surface area contributed by atoms with Crippen LogP contribution in [0.2, 0.25) is 0 Å². The predicted octanol–water partition coefficient (Wildman–Crippen LogP) is 2.60. The molecule has 3 aliphatic carbocycles. The number of Topliss-reactive ketones (excluding diaryl/α,β-unsaturated/α-hetero) is 1. The quantitative estimate of drug-likeness (QED) is 0.391. The summed E-state index contributed by atoms with van der Waals surface area (Å²) in [5, 5.41) is 10.1. The number of benzene rings is 1. The number of methoxy groups -OCH3 is 2. The van der Waals surface area contributed by atoms with Gasteiger partial charge in [0.05, 0.1) is 26.1 Å². The normalized spacial score (nSPS) is 27.7. The molecule has 9 nitrogen and oxygen atoms in total. The van der Waals surface area contributed by atoms with Crippen molar-refractivity contribution in [2.45, 2.75) is 25.7 Å². The Morgan fingerprint density at radius 3 is 2.51 bits per heavy atom. The molecule has 1 aromatic rings. The van der Waals surface area contributed by atoms with Gasteiger partial charge in [-0.3, -0.25) is 19.2 Å². The standard InChI is InChI=1S/C26H23NO8/c1-11-8-18(29)16-10-15-13(5-6-14-21(15)25(32)27(24(14)31)26(33)35-3)20(22(16)23(11)30)12-4-7-17(28)19(9-12)34-2/h4-5,7-9,14-15,20-21,28H,6,10H2,1-3H3. The first kappa shape index (κ1) is 22.8. The zero-order valence-electron chi connectivity index (χ0n) is 19.4. The lowest BCUT2D eigenvalue weighted by molar-refractivity contribution is -0.137. The molecule has 1 aromatic carbocycles. The van der Waals surface area contributed by atoms with E-state index in [1.165, 1.54) is 19.3 Å². The number of phenolic OH excluding ortho intramolecular Hbond substituents is 1. The van der Waals surface area contributed by atoms with Crippen LogP contribution in [0, 0.1) is 17.8 Å². The largest absolute Gasteiger partial charge is 0.504 e. The first-order chi connectivity index (χ1) is 16.7. The lowest BCUT2D eigenvalue weighted by Crippen LogP contribution is -2.40. The van der Waals surface area contributed by atoms with Gasteiger partial charge in [-0.15, -0.1) is 0 Å². The maximum absolute atomic E-state index is 13.3. The number of carbonyl (C=O) groups excluding carboxylic acids is 5. The number of imide groups is 3. The second-order valence-corrected chi connectivity index (χ2v) is 9.14. The van der Waals surface area contributed by atoms with Crippen molar-refractivity contribution in [1.29, 1.82) is 0 Å². The molecular weight excluding hydrogens is 454 g/mol. The third-order valence-corrected chi connectivity index (χ3v) is 7.46. The number of allylic oxidation sites excluding steroid dienone is 6. The van der Waals surface area contributed by atoms with Crippen LogP contribution in [0.5, 0.6) is 11.5 Å². The van der Waals surface area contributed by atoms with Gasteiger partial charge >= 0.3 is 6.09 Å². The molecule has 5 rings (SSSR count). The third kappa shape index (κ3) is 3.18. The number of aromatic hydroxyl groups is 1. The Morgan fingerprint density at radius 2 is 1.83 bits per heavy atom. The maximum atomic E-state index is 13.3. The monoisotopic (exact) mass is 477 g/mol. The Balaban J connectivity index is 1.69. The molecule has 0 aromatic heterocycles. The molecular formula is C26H23NO8. The molecule has 0 radical (unpaired) electrons. The van der Waals surface area contributed by atoms with Gasteiger partial charge in [-0.2, -0.15) is 4.90 Å². The van der Waals surface area contributed by atoms with Gasteiger partial charge in [-0.05, 0) is 49.5 Å². The van der Waals surface area contributed by atoms with Gasteiger partial charge < -0.3 is 14.6 Å². The van der Waals surface area contributed by atoms with E-state index in [0.717, 1.165) is 12.7 Å². The topological polar surface area (TPSA) is 127 Å². The number of fused-ring (bicyclic) bond motifs is 3. The van der Waals surface area contributed by atoms with Gasteiger partial charge in [0, 0.05) is 22.6 Å². The number of hydrogen-bond donors (Lipinski definition) is 1. The average Bonchev–Trinajstić information content (AvgIpc) is 3.11. The molecule has 4 aliphatic rings. The number of carbonyl (C=O) groups is 5. The van der Waals surface area contributed by atoms with Gasteiger partial charge in [-0.1, -0.05) is 17.7 Å². The minimum atomic E-state index is -1.03. The number of likely N-dealkylation sites (tertiary alicyclic amines) is 1. The average molecular weight is 477 g/mol. The van der Waals surface area contributed by atoms with Gasteiger partial charge in [0.25, 0.3) is 0 Å². The molecule has 0 bridgehead atoms. The first-order valence-corrected chi connectivity index (χ1v) is 11.2. The van der Waals surface area contributed by atoms with E-state index in [1.54, 1.807) is 19.1 Å². The van der Waals surface area contributed by atoms with Crippen LogP contribution < -0.4 is 4.74 Å². The highest BCUT2D eigenvalue weighted by Gasteiger charge is 2.58. The molecule has 35 heavy (non-hydrogen) atoms. The van der Waals surface area contributed by atoms with Crippen molar-refractivity contribution in [3.63, 3.8) is 0 Å². The van der Waals surface area contributed by atoms with Gasteiger partial charge in [0.1, 0.15) is 0 Å². The summed E-state index contributed by atoms with van der Waals surface area (Å²) in [6, 6.07) is 4.70. The minimum Gasteiger partial charge on any atom is -0.504 e. The summed E-state index contributed by atoms with van der Waals surface area (Å²) in [4.78, 5) is 65.3. The molecule has 1 aliphatic heterocycles. The first-order valence-electron chi connectivity index (χ1n) is 11.2. The predicted molar refractivity (Wildman–Crippen MR) is 120 cm³/mol. The second-order valence-electron chi connectivity index (χ2n) is 9.14. The maximum Gasteiger partial charge on any atom is 0.423 e. The Kier molecular flexibility index (Phi) is 5.23. The Morgan fingerprint density at radius 1 is 1.09 bits per heavy atom. The summed E-state index contributed by atoms with van der Waals surface area (Å²) in [6.07, 6.45) is 2.43. The fraction of sp³-hybridized carbons (Fsp3) is 0.346. The number of amides is 3. The molecule has 1 N–H and O–H groups in total. The Bertz CT molecular complexity index is 1320. The van der Waals surface area contributed by atoms with Gasteiger partial charge in [0.2, 0.25) is 11.8 Å². The molecule has 0 saturated carbocycles. The fourth-order valence-corrected chi connectivity index (χ4v) is 5.89. The van der Waals surface area contributed by atoms with Crippen LogP contribution in [-0.4, -0.2) is 53.7 Å². The number of nitrogens with zero attached hydrogens (tertiary/aromatic N) is 1.